The number of rotatable bonds is 8. The van der Waals surface area contributed by atoms with Crippen LogP contribution in [0.2, 0.25) is 0 Å². The van der Waals surface area contributed by atoms with E-state index >= 15 is 0 Å². The van der Waals surface area contributed by atoms with E-state index in [2.05, 4.69) is 5.92 Å². The average molecular weight is 482 g/mol. The van der Waals surface area contributed by atoms with E-state index in [9.17, 15) is 9.59 Å². The number of anilines is 1. The summed E-state index contributed by atoms with van der Waals surface area (Å²) >= 11 is 0. The minimum Gasteiger partial charge on any atom is -0.443 e. The van der Waals surface area contributed by atoms with Crippen molar-refractivity contribution < 1.29 is 19.1 Å². The number of imidazole rings is 1. The van der Waals surface area contributed by atoms with Gasteiger partial charge in [0.25, 0.3) is 0 Å². The highest BCUT2D eigenvalue weighted by Crippen LogP contribution is 2.30. The molecule has 1 aromatic heterocycles. The Balaban J connectivity index is 2.52. The Kier molecular flexibility index (Phi) is 9.53. The number of ether oxygens (including phenoxy) is 2. The summed E-state index contributed by atoms with van der Waals surface area (Å²) in [5.41, 5.74) is 0.137. The van der Waals surface area contributed by atoms with Crippen LogP contribution in [0.3, 0.4) is 0 Å². The molecule has 0 spiro atoms. The summed E-state index contributed by atoms with van der Waals surface area (Å²) < 4.78 is 12.7. The lowest BCUT2D eigenvalue weighted by molar-refractivity contribution is 0.0528. The van der Waals surface area contributed by atoms with Gasteiger partial charge in [-0.15, -0.1) is 12.3 Å². The minimum absolute atomic E-state index is 0.170. The molecule has 2 rings (SSSR count). The molecule has 0 radical (unpaired) electrons. The molecule has 1 heterocycles. The largest absolute Gasteiger partial charge is 0.443 e. The van der Waals surface area contributed by atoms with E-state index in [1.165, 1.54) is 9.47 Å². The van der Waals surface area contributed by atoms with Gasteiger partial charge in [-0.3, -0.25) is 0 Å². The zero-order valence-electron chi connectivity index (χ0n) is 22.1. The molecule has 0 N–H and O–H groups in total. The topological polar surface area (TPSA) is 73.7 Å². The van der Waals surface area contributed by atoms with Gasteiger partial charge in [0.2, 0.25) is 5.95 Å². The number of hydrogen-bond donors (Lipinski definition) is 0. The van der Waals surface area contributed by atoms with Crippen LogP contribution in [0.1, 0.15) is 91.4 Å². The maximum absolute atomic E-state index is 13.5. The molecule has 2 aromatic rings. The third-order valence-electron chi connectivity index (χ3n) is 5.06. The monoisotopic (exact) mass is 481 g/mol. The molecule has 1 amide bonds. The highest BCUT2D eigenvalue weighted by Gasteiger charge is 2.34. The predicted molar refractivity (Wildman–Crippen MR) is 138 cm³/mol. The maximum atomic E-state index is 13.5. The Morgan fingerprint density at radius 2 is 1.66 bits per heavy atom. The Hall–Kier alpha value is -3.27. The summed E-state index contributed by atoms with van der Waals surface area (Å²) in [6.07, 6.45) is 9.94. The van der Waals surface area contributed by atoms with Crippen molar-refractivity contribution in [3.63, 3.8) is 0 Å². The van der Waals surface area contributed by atoms with E-state index in [4.69, 9.17) is 20.9 Å². The lowest BCUT2D eigenvalue weighted by Gasteiger charge is -2.31. The maximum Gasteiger partial charge on any atom is 0.421 e. The Bertz CT molecular complexity index is 1020. The number of unbranched alkanes of at least 4 members (excludes halogenated alkanes) is 3. The van der Waals surface area contributed by atoms with Crippen LogP contribution in [0.15, 0.2) is 36.5 Å². The lowest BCUT2D eigenvalue weighted by Crippen LogP contribution is -2.41. The third kappa shape index (κ3) is 8.79. The van der Waals surface area contributed by atoms with Crippen LogP contribution >= 0.6 is 0 Å². The Morgan fingerprint density at radius 3 is 2.23 bits per heavy atom. The molecular formula is C28H39N3O4. The van der Waals surface area contributed by atoms with Gasteiger partial charge in [-0.25, -0.2) is 24.0 Å². The normalized spacial score (nSPS) is 12.5. The summed E-state index contributed by atoms with van der Waals surface area (Å²) in [5, 5.41) is 0. The molecule has 1 atom stereocenters. The molecule has 35 heavy (non-hydrogen) atoms. The average Bonchev–Trinajstić information content (AvgIpc) is 3.15. The van der Waals surface area contributed by atoms with E-state index in [1.54, 1.807) is 47.7 Å². The lowest BCUT2D eigenvalue weighted by atomic mass is 10.1. The van der Waals surface area contributed by atoms with Crippen LogP contribution in [-0.2, 0) is 15.9 Å². The smallest absolute Gasteiger partial charge is 0.421 e. The molecule has 0 aliphatic heterocycles. The van der Waals surface area contributed by atoms with Gasteiger partial charge in [-0.05, 0) is 73.3 Å². The summed E-state index contributed by atoms with van der Waals surface area (Å²) in [6, 6.07) is 9.12. The molecule has 7 heteroatoms. The van der Waals surface area contributed by atoms with Crippen LogP contribution < -0.4 is 4.90 Å². The number of aromatic nitrogens is 2. The van der Waals surface area contributed by atoms with Crippen LogP contribution in [0, 0.1) is 12.3 Å². The summed E-state index contributed by atoms with van der Waals surface area (Å²) in [4.78, 5) is 32.8. The predicted octanol–water partition coefficient (Wildman–Crippen LogP) is 6.91. The summed E-state index contributed by atoms with van der Waals surface area (Å²) in [7, 11) is 0. The van der Waals surface area contributed by atoms with Gasteiger partial charge in [0.15, 0.2) is 0 Å². The third-order valence-corrected chi connectivity index (χ3v) is 5.06. The fourth-order valence-electron chi connectivity index (χ4n) is 3.47. The van der Waals surface area contributed by atoms with E-state index in [0.29, 0.717) is 12.1 Å². The van der Waals surface area contributed by atoms with Crippen LogP contribution in [0.25, 0.3) is 0 Å². The van der Waals surface area contributed by atoms with Gasteiger partial charge in [0, 0.05) is 12.6 Å². The fourth-order valence-corrected chi connectivity index (χ4v) is 3.47. The molecular weight excluding hydrogens is 442 g/mol. The van der Waals surface area contributed by atoms with Crippen molar-refractivity contribution in [1.82, 2.24) is 9.55 Å². The van der Waals surface area contributed by atoms with Crippen molar-refractivity contribution in [2.45, 2.75) is 97.8 Å². The van der Waals surface area contributed by atoms with Gasteiger partial charge in [0.1, 0.15) is 11.2 Å². The molecule has 0 saturated carbocycles. The van der Waals surface area contributed by atoms with Gasteiger partial charge in [0.05, 0.1) is 11.7 Å². The number of aryl methyl sites for hydroxylation is 1. The van der Waals surface area contributed by atoms with Crippen LogP contribution in [0.4, 0.5) is 15.5 Å². The van der Waals surface area contributed by atoms with E-state index in [1.807, 2.05) is 37.3 Å². The first-order valence-electron chi connectivity index (χ1n) is 12.1. The van der Waals surface area contributed by atoms with Crippen LogP contribution in [-0.4, -0.2) is 32.9 Å². The van der Waals surface area contributed by atoms with Gasteiger partial charge < -0.3 is 9.47 Å². The molecule has 0 saturated heterocycles. The van der Waals surface area contributed by atoms with Crippen molar-refractivity contribution in [1.29, 1.82) is 0 Å². The zero-order valence-corrected chi connectivity index (χ0v) is 22.1. The standard InChI is InChI=1S/C28H39N3O4/c1-9-10-11-12-16-19-23-20-30(25(32)34-27(3,4)5)24(29-23)31(26(33)35-28(6,7)8)21(2)22-17-14-13-15-18-22/h1,13-15,17-18,20-21H,10-12,16,19H2,2-8H3. The minimum atomic E-state index is -0.727. The summed E-state index contributed by atoms with van der Waals surface area (Å²) in [5.74, 6) is 2.82. The molecule has 0 aliphatic rings. The Morgan fingerprint density at radius 1 is 1.03 bits per heavy atom. The van der Waals surface area contributed by atoms with Crippen molar-refractivity contribution in [3.05, 3.63) is 47.8 Å². The Labute approximate surface area is 209 Å². The van der Waals surface area contributed by atoms with Crippen molar-refractivity contribution >= 4 is 18.1 Å². The number of terminal acetylenes is 1. The zero-order chi connectivity index (χ0) is 26.2. The first kappa shape index (κ1) is 28.0. The second-order valence-corrected chi connectivity index (χ2v) is 10.6. The molecule has 7 nitrogen and oxygen atoms in total. The number of hydrogen-bond acceptors (Lipinski definition) is 5. The first-order valence-corrected chi connectivity index (χ1v) is 12.1. The van der Waals surface area contributed by atoms with E-state index < -0.39 is 29.4 Å². The summed E-state index contributed by atoms with van der Waals surface area (Å²) in [6.45, 7) is 12.7. The van der Waals surface area contributed by atoms with E-state index in [-0.39, 0.29) is 5.95 Å². The van der Waals surface area contributed by atoms with Gasteiger partial charge in [-0.2, -0.15) is 0 Å². The molecule has 190 valence electrons. The number of carbonyl (C=O) groups excluding carboxylic acids is 2. The molecule has 1 unspecified atom stereocenters. The number of nitrogens with zero attached hydrogens (tertiary/aromatic N) is 3. The first-order chi connectivity index (χ1) is 16.3. The second kappa shape index (κ2) is 11.9. The van der Waals surface area contributed by atoms with Gasteiger partial charge in [-0.1, -0.05) is 36.8 Å². The number of carbonyl (C=O) groups is 2. The number of benzene rings is 1. The second-order valence-electron chi connectivity index (χ2n) is 10.6. The highest BCUT2D eigenvalue weighted by atomic mass is 16.6. The SMILES string of the molecule is C#CCCCCCc1cn(C(=O)OC(C)(C)C)c(N(C(=O)OC(C)(C)C)C(C)c2ccccc2)n1. The van der Waals surface area contributed by atoms with Gasteiger partial charge >= 0.3 is 12.2 Å². The molecule has 1 aromatic carbocycles. The number of amides is 1. The molecule has 0 bridgehead atoms. The fraction of sp³-hybridized carbons (Fsp3) is 0.536. The van der Waals surface area contributed by atoms with E-state index in [0.717, 1.165) is 31.2 Å². The van der Waals surface area contributed by atoms with Crippen LogP contribution in [0.5, 0.6) is 0 Å². The van der Waals surface area contributed by atoms with Crippen molar-refractivity contribution in [2.75, 3.05) is 4.90 Å². The van der Waals surface area contributed by atoms with Crippen molar-refractivity contribution in [2.24, 2.45) is 0 Å². The van der Waals surface area contributed by atoms with Crippen molar-refractivity contribution in [3.8, 4) is 12.3 Å². The molecule has 0 aliphatic carbocycles. The quantitative estimate of drug-likeness (QED) is 0.303. The highest BCUT2D eigenvalue weighted by molar-refractivity contribution is 5.89. The molecule has 0 fully saturated rings.